The van der Waals surface area contributed by atoms with Crippen LogP contribution in [0.2, 0.25) is 0 Å². The summed E-state index contributed by atoms with van der Waals surface area (Å²) in [4.78, 5) is 2.08. The first-order valence-electron chi connectivity index (χ1n) is 5.11. The van der Waals surface area contributed by atoms with E-state index in [0.29, 0.717) is 16.2 Å². The van der Waals surface area contributed by atoms with E-state index >= 15 is 0 Å². The van der Waals surface area contributed by atoms with Crippen molar-refractivity contribution < 1.29 is 4.39 Å². The molecule has 0 aliphatic carbocycles. The average molecular weight is 273 g/mol. The summed E-state index contributed by atoms with van der Waals surface area (Å²) < 4.78 is 14.3. The molecule has 1 aliphatic heterocycles. The fraction of sp³-hybridized carbons (Fsp3) is 0.455. The van der Waals surface area contributed by atoms with Crippen molar-refractivity contribution >= 4 is 21.6 Å². The Balaban J connectivity index is 2.24. The van der Waals surface area contributed by atoms with Gasteiger partial charge in [-0.05, 0) is 35.0 Å². The van der Waals surface area contributed by atoms with Crippen LogP contribution in [0.15, 0.2) is 22.7 Å². The molecule has 2 rings (SSSR count). The zero-order valence-electron chi connectivity index (χ0n) is 8.63. The van der Waals surface area contributed by atoms with Gasteiger partial charge in [0.05, 0.1) is 10.2 Å². The van der Waals surface area contributed by atoms with Crippen LogP contribution in [0.3, 0.4) is 0 Å². The van der Waals surface area contributed by atoms with Gasteiger partial charge in [0.1, 0.15) is 0 Å². The maximum Gasteiger partial charge on any atom is 0.160 e. The third-order valence-electron chi connectivity index (χ3n) is 2.64. The average Bonchev–Trinajstić information content (AvgIpc) is 2.22. The van der Waals surface area contributed by atoms with Crippen molar-refractivity contribution in [3.05, 3.63) is 28.5 Å². The quantitative estimate of drug-likeness (QED) is 0.845. The Labute approximate surface area is 97.6 Å². The Morgan fingerprint density at radius 3 is 3.07 bits per heavy atom. The number of benzene rings is 1. The van der Waals surface area contributed by atoms with Crippen LogP contribution in [-0.2, 0) is 0 Å². The van der Waals surface area contributed by atoms with Crippen molar-refractivity contribution in [2.24, 2.45) is 0 Å². The summed E-state index contributed by atoms with van der Waals surface area (Å²) in [5, 5.41) is 3.34. The second-order valence-corrected chi connectivity index (χ2v) is 4.73. The monoisotopic (exact) mass is 272 g/mol. The Kier molecular flexibility index (Phi) is 3.26. The van der Waals surface area contributed by atoms with Crippen molar-refractivity contribution in [2.45, 2.75) is 13.0 Å². The first-order chi connectivity index (χ1) is 7.18. The molecule has 1 saturated heterocycles. The first-order valence-corrected chi connectivity index (χ1v) is 5.90. The van der Waals surface area contributed by atoms with Gasteiger partial charge in [-0.25, -0.2) is 4.39 Å². The maximum absolute atomic E-state index is 13.8. The summed E-state index contributed by atoms with van der Waals surface area (Å²) >= 11 is 3.21. The number of nitrogens with one attached hydrogen (secondary N) is 1. The van der Waals surface area contributed by atoms with Gasteiger partial charge in [0, 0.05) is 25.7 Å². The van der Waals surface area contributed by atoms with E-state index in [4.69, 9.17) is 0 Å². The van der Waals surface area contributed by atoms with Crippen molar-refractivity contribution in [3.8, 4) is 0 Å². The van der Waals surface area contributed by atoms with Gasteiger partial charge in [-0.1, -0.05) is 6.07 Å². The molecule has 82 valence electrons. The number of piperazine rings is 1. The molecule has 15 heavy (non-hydrogen) atoms. The molecule has 1 aromatic rings. The predicted molar refractivity (Wildman–Crippen MR) is 63.8 cm³/mol. The molecule has 1 N–H and O–H groups in total. The molecule has 4 heteroatoms. The van der Waals surface area contributed by atoms with E-state index in [-0.39, 0.29) is 5.82 Å². The molecule has 1 aliphatic rings. The molecule has 1 fully saturated rings. The predicted octanol–water partition coefficient (Wildman–Crippen LogP) is 2.39. The van der Waals surface area contributed by atoms with Crippen molar-refractivity contribution in [3.63, 3.8) is 0 Å². The normalized spacial score (nSPS) is 21.8. The van der Waals surface area contributed by atoms with Crippen LogP contribution in [0.5, 0.6) is 0 Å². The van der Waals surface area contributed by atoms with E-state index in [2.05, 4.69) is 33.1 Å². The molecule has 0 spiro atoms. The minimum Gasteiger partial charge on any atom is -0.366 e. The number of hydrogen-bond donors (Lipinski definition) is 1. The molecule has 0 radical (unpaired) electrons. The largest absolute Gasteiger partial charge is 0.366 e. The van der Waals surface area contributed by atoms with Gasteiger partial charge in [0.15, 0.2) is 5.82 Å². The molecular weight excluding hydrogens is 259 g/mol. The second kappa shape index (κ2) is 4.49. The lowest BCUT2D eigenvalue weighted by atomic mass is 10.2. The van der Waals surface area contributed by atoms with Crippen LogP contribution in [0, 0.1) is 5.82 Å². The molecule has 0 saturated carbocycles. The maximum atomic E-state index is 13.8. The van der Waals surface area contributed by atoms with E-state index in [0.717, 1.165) is 19.6 Å². The summed E-state index contributed by atoms with van der Waals surface area (Å²) in [6.07, 6.45) is 0. The van der Waals surface area contributed by atoms with Crippen LogP contribution >= 0.6 is 15.9 Å². The summed E-state index contributed by atoms with van der Waals surface area (Å²) in [7, 11) is 0. The highest BCUT2D eigenvalue weighted by atomic mass is 79.9. The van der Waals surface area contributed by atoms with Crippen molar-refractivity contribution in [2.75, 3.05) is 24.5 Å². The highest BCUT2D eigenvalue weighted by molar-refractivity contribution is 9.10. The van der Waals surface area contributed by atoms with Gasteiger partial charge in [0.25, 0.3) is 0 Å². The highest BCUT2D eigenvalue weighted by Gasteiger charge is 2.19. The third-order valence-corrected chi connectivity index (χ3v) is 3.25. The van der Waals surface area contributed by atoms with Gasteiger partial charge in [-0.15, -0.1) is 0 Å². The number of halogens is 2. The molecule has 1 unspecified atom stereocenters. The van der Waals surface area contributed by atoms with Crippen LogP contribution < -0.4 is 10.2 Å². The highest BCUT2D eigenvalue weighted by Crippen LogP contribution is 2.26. The molecular formula is C11H14BrFN2. The number of rotatable bonds is 1. The van der Waals surface area contributed by atoms with Gasteiger partial charge in [0.2, 0.25) is 0 Å². The molecule has 2 nitrogen and oxygen atoms in total. The van der Waals surface area contributed by atoms with Crippen molar-refractivity contribution in [1.82, 2.24) is 5.32 Å². The fourth-order valence-corrected chi connectivity index (χ4v) is 2.24. The van der Waals surface area contributed by atoms with Gasteiger partial charge in [-0.2, -0.15) is 0 Å². The Morgan fingerprint density at radius 2 is 2.33 bits per heavy atom. The third kappa shape index (κ3) is 2.32. The minimum absolute atomic E-state index is 0.161. The molecule has 1 atom stereocenters. The number of hydrogen-bond acceptors (Lipinski definition) is 2. The zero-order valence-corrected chi connectivity index (χ0v) is 10.2. The Bertz CT molecular complexity index is 356. The second-order valence-electron chi connectivity index (χ2n) is 3.87. The summed E-state index contributed by atoms with van der Waals surface area (Å²) in [5.74, 6) is -0.161. The topological polar surface area (TPSA) is 15.3 Å². The standard InChI is InChI=1S/C11H14BrFN2/c1-8-7-15(6-5-14-8)10-4-2-3-9(12)11(10)13/h2-4,8,14H,5-7H2,1H3. The minimum atomic E-state index is -0.161. The van der Waals surface area contributed by atoms with Crippen molar-refractivity contribution in [1.29, 1.82) is 0 Å². The molecule has 1 heterocycles. The van der Waals surface area contributed by atoms with E-state index in [1.165, 1.54) is 0 Å². The van der Waals surface area contributed by atoms with Gasteiger partial charge >= 0.3 is 0 Å². The summed E-state index contributed by atoms with van der Waals surface area (Å²) in [5.41, 5.74) is 0.692. The van der Waals surface area contributed by atoms with Crippen LogP contribution in [-0.4, -0.2) is 25.7 Å². The number of anilines is 1. The van der Waals surface area contributed by atoms with Crippen LogP contribution in [0.1, 0.15) is 6.92 Å². The fourth-order valence-electron chi connectivity index (χ4n) is 1.89. The van der Waals surface area contributed by atoms with E-state index < -0.39 is 0 Å². The lowest BCUT2D eigenvalue weighted by Crippen LogP contribution is -2.49. The lowest BCUT2D eigenvalue weighted by Gasteiger charge is -2.33. The van der Waals surface area contributed by atoms with E-state index in [1.54, 1.807) is 6.07 Å². The zero-order chi connectivity index (χ0) is 10.8. The molecule has 0 amide bonds. The molecule has 0 bridgehead atoms. The van der Waals surface area contributed by atoms with E-state index in [9.17, 15) is 4.39 Å². The van der Waals surface area contributed by atoms with Crippen LogP contribution in [0.4, 0.5) is 10.1 Å². The summed E-state index contributed by atoms with van der Waals surface area (Å²) in [6, 6.07) is 5.84. The van der Waals surface area contributed by atoms with Crippen LogP contribution in [0.25, 0.3) is 0 Å². The Morgan fingerprint density at radius 1 is 1.53 bits per heavy atom. The first kappa shape index (κ1) is 10.9. The number of nitrogens with zero attached hydrogens (tertiary/aromatic N) is 1. The smallest absolute Gasteiger partial charge is 0.160 e. The lowest BCUT2D eigenvalue weighted by molar-refractivity contribution is 0.478. The molecule has 1 aromatic carbocycles. The van der Waals surface area contributed by atoms with E-state index in [1.807, 2.05) is 12.1 Å². The molecule has 0 aromatic heterocycles. The van der Waals surface area contributed by atoms with Gasteiger partial charge in [-0.3, -0.25) is 0 Å². The Hall–Kier alpha value is -0.610. The summed E-state index contributed by atoms with van der Waals surface area (Å²) in [6.45, 7) is 4.74. The SMILES string of the molecule is CC1CN(c2cccc(Br)c2F)CCN1. The van der Waals surface area contributed by atoms with Gasteiger partial charge < -0.3 is 10.2 Å².